The molecule has 0 amide bonds. The van der Waals surface area contributed by atoms with Gasteiger partial charge in [-0.15, -0.1) is 0 Å². The third-order valence-corrected chi connectivity index (χ3v) is 5.32. The number of esters is 1. The van der Waals surface area contributed by atoms with Crippen LogP contribution in [0.5, 0.6) is 0 Å². The van der Waals surface area contributed by atoms with Crippen LogP contribution in [0.25, 0.3) is 0 Å². The normalized spacial score (nSPS) is 11.1. The van der Waals surface area contributed by atoms with Crippen LogP contribution in [0.1, 0.15) is 136 Å². The Kier molecular flexibility index (Phi) is 24.0. The minimum atomic E-state index is -0.0387. The summed E-state index contributed by atoms with van der Waals surface area (Å²) < 4.78 is 10.7. The quantitative estimate of drug-likeness (QED) is 0.129. The van der Waals surface area contributed by atoms with Crippen molar-refractivity contribution >= 4 is 5.97 Å². The number of carbonyl (C=O) groups is 1. The average Bonchev–Trinajstić information content (AvgIpc) is 2.70. The van der Waals surface area contributed by atoms with Crippen molar-refractivity contribution in [3.05, 3.63) is 0 Å². The molecule has 0 aliphatic carbocycles. The maximum atomic E-state index is 11.6. The molecule has 0 aliphatic heterocycles. The van der Waals surface area contributed by atoms with Gasteiger partial charge in [-0.3, -0.25) is 4.79 Å². The highest BCUT2D eigenvalue weighted by atomic mass is 16.5. The molecular weight excluding hydrogens is 348 g/mol. The third kappa shape index (κ3) is 23.5. The fourth-order valence-electron chi connectivity index (χ4n) is 3.41. The van der Waals surface area contributed by atoms with Gasteiger partial charge in [-0.05, 0) is 12.8 Å². The largest absolute Gasteiger partial charge is 0.466 e. The minimum absolute atomic E-state index is 0.0387. The number of unbranched alkanes of at least 4 members (excludes halogenated alkanes) is 15. The van der Waals surface area contributed by atoms with Gasteiger partial charge < -0.3 is 9.47 Å². The molecule has 0 aromatic heterocycles. The van der Waals surface area contributed by atoms with Gasteiger partial charge in [-0.25, -0.2) is 0 Å². The van der Waals surface area contributed by atoms with Crippen molar-refractivity contribution in [3.8, 4) is 0 Å². The van der Waals surface area contributed by atoms with Crippen LogP contribution in [0.3, 0.4) is 0 Å². The average molecular weight is 399 g/mol. The first kappa shape index (κ1) is 27.4. The molecule has 0 bridgehead atoms. The van der Waals surface area contributed by atoms with Crippen LogP contribution in [0.4, 0.5) is 0 Å². The Morgan fingerprint density at radius 2 is 0.929 bits per heavy atom. The second kappa shape index (κ2) is 24.5. The van der Waals surface area contributed by atoms with Crippen molar-refractivity contribution in [1.29, 1.82) is 0 Å². The zero-order valence-electron chi connectivity index (χ0n) is 19.3. The fourth-order valence-corrected chi connectivity index (χ4v) is 3.41. The highest BCUT2D eigenvalue weighted by molar-refractivity contribution is 5.69. The summed E-state index contributed by atoms with van der Waals surface area (Å²) >= 11 is 0. The van der Waals surface area contributed by atoms with E-state index in [2.05, 4.69) is 13.8 Å². The molecule has 0 aliphatic rings. The minimum Gasteiger partial charge on any atom is -0.466 e. The number of ether oxygens (including phenoxy) is 2. The lowest BCUT2D eigenvalue weighted by atomic mass is 10.0. The third-order valence-electron chi connectivity index (χ3n) is 5.32. The molecule has 0 saturated carbocycles. The fraction of sp³-hybridized carbons (Fsp3) is 0.960. The number of hydrogen-bond donors (Lipinski definition) is 0. The molecule has 0 N–H and O–H groups in total. The number of rotatable bonds is 23. The van der Waals surface area contributed by atoms with Crippen LogP contribution in [0.2, 0.25) is 0 Å². The lowest BCUT2D eigenvalue weighted by Crippen LogP contribution is -2.08. The maximum absolute atomic E-state index is 11.6. The van der Waals surface area contributed by atoms with E-state index < -0.39 is 0 Å². The molecule has 0 unspecified atom stereocenters. The van der Waals surface area contributed by atoms with Crippen molar-refractivity contribution in [1.82, 2.24) is 0 Å². The number of hydrogen-bond acceptors (Lipinski definition) is 3. The summed E-state index contributed by atoms with van der Waals surface area (Å²) in [7, 11) is 0. The monoisotopic (exact) mass is 398 g/mol. The Bertz CT molecular complexity index is 304. The molecular formula is C25H50O3. The first-order valence-corrected chi connectivity index (χ1v) is 12.5. The molecule has 28 heavy (non-hydrogen) atoms. The van der Waals surface area contributed by atoms with E-state index in [9.17, 15) is 4.79 Å². The summed E-state index contributed by atoms with van der Waals surface area (Å²) in [4.78, 5) is 11.6. The van der Waals surface area contributed by atoms with E-state index >= 15 is 0 Å². The molecule has 0 atom stereocenters. The van der Waals surface area contributed by atoms with Gasteiger partial charge in [0.1, 0.15) is 0 Å². The Balaban J connectivity index is 3.11. The standard InChI is InChI=1S/C25H50O3/c1-3-5-7-8-9-10-11-12-13-14-15-16-17-18-19-21-25(26)28-24-20-23-27-22-6-4-2/h3-24H2,1-2H3. The van der Waals surface area contributed by atoms with Gasteiger partial charge in [0.05, 0.1) is 6.61 Å². The van der Waals surface area contributed by atoms with Crippen LogP contribution in [-0.2, 0) is 14.3 Å². The van der Waals surface area contributed by atoms with Crippen LogP contribution in [-0.4, -0.2) is 25.8 Å². The lowest BCUT2D eigenvalue weighted by Gasteiger charge is -2.06. The van der Waals surface area contributed by atoms with Crippen molar-refractivity contribution in [3.63, 3.8) is 0 Å². The summed E-state index contributed by atoms with van der Waals surface area (Å²) in [5.74, 6) is -0.0387. The van der Waals surface area contributed by atoms with Gasteiger partial charge >= 0.3 is 5.97 Å². The Labute approximate surface area is 176 Å². The van der Waals surface area contributed by atoms with E-state index in [-0.39, 0.29) is 5.97 Å². The van der Waals surface area contributed by atoms with Gasteiger partial charge in [0.15, 0.2) is 0 Å². The molecule has 0 rings (SSSR count). The predicted octanol–water partition coefficient (Wildman–Crippen LogP) is 8.00. The molecule has 3 nitrogen and oxygen atoms in total. The summed E-state index contributed by atoms with van der Waals surface area (Å²) in [6.07, 6.45) is 23.9. The number of carbonyl (C=O) groups excluding carboxylic acids is 1. The Hall–Kier alpha value is -0.570. The summed E-state index contributed by atoms with van der Waals surface area (Å²) in [5, 5.41) is 0. The second-order valence-electron chi connectivity index (χ2n) is 8.24. The molecule has 0 fully saturated rings. The zero-order valence-corrected chi connectivity index (χ0v) is 19.3. The van der Waals surface area contributed by atoms with Gasteiger partial charge in [0.25, 0.3) is 0 Å². The van der Waals surface area contributed by atoms with E-state index in [0.29, 0.717) is 19.6 Å². The molecule has 3 heteroatoms. The van der Waals surface area contributed by atoms with E-state index in [1.165, 1.54) is 83.5 Å². The second-order valence-corrected chi connectivity index (χ2v) is 8.24. The van der Waals surface area contributed by atoms with E-state index in [4.69, 9.17) is 9.47 Å². The molecule has 0 aromatic rings. The van der Waals surface area contributed by atoms with Crippen LogP contribution >= 0.6 is 0 Å². The van der Waals surface area contributed by atoms with Gasteiger partial charge in [-0.1, -0.05) is 110 Å². The van der Waals surface area contributed by atoms with Crippen LogP contribution in [0.15, 0.2) is 0 Å². The maximum Gasteiger partial charge on any atom is 0.305 e. The molecule has 0 saturated heterocycles. The highest BCUT2D eigenvalue weighted by Gasteiger charge is 2.02. The van der Waals surface area contributed by atoms with Crippen LogP contribution < -0.4 is 0 Å². The lowest BCUT2D eigenvalue weighted by molar-refractivity contribution is -0.144. The molecule has 0 heterocycles. The van der Waals surface area contributed by atoms with Gasteiger partial charge in [-0.2, -0.15) is 0 Å². The Morgan fingerprint density at radius 3 is 1.43 bits per heavy atom. The molecule has 0 aromatic carbocycles. The van der Waals surface area contributed by atoms with Crippen molar-refractivity contribution in [2.75, 3.05) is 19.8 Å². The SMILES string of the molecule is CCCCCCCCCCCCCCCCCC(=O)OCCCOCCCC. The van der Waals surface area contributed by atoms with Crippen molar-refractivity contribution in [2.45, 2.75) is 136 Å². The molecule has 0 spiro atoms. The molecule has 168 valence electrons. The molecule has 0 radical (unpaired) electrons. The smallest absolute Gasteiger partial charge is 0.305 e. The summed E-state index contributed by atoms with van der Waals surface area (Å²) in [6, 6.07) is 0. The summed E-state index contributed by atoms with van der Waals surface area (Å²) in [5.41, 5.74) is 0. The topological polar surface area (TPSA) is 35.5 Å². The van der Waals surface area contributed by atoms with Crippen molar-refractivity contribution in [2.24, 2.45) is 0 Å². The van der Waals surface area contributed by atoms with E-state index in [1.807, 2.05) is 0 Å². The van der Waals surface area contributed by atoms with Gasteiger partial charge in [0, 0.05) is 26.1 Å². The van der Waals surface area contributed by atoms with Gasteiger partial charge in [0.2, 0.25) is 0 Å². The van der Waals surface area contributed by atoms with E-state index in [1.54, 1.807) is 0 Å². The predicted molar refractivity (Wildman–Crippen MR) is 121 cm³/mol. The highest BCUT2D eigenvalue weighted by Crippen LogP contribution is 2.13. The van der Waals surface area contributed by atoms with E-state index in [0.717, 1.165) is 38.7 Å². The summed E-state index contributed by atoms with van der Waals surface area (Å²) in [6.45, 7) is 6.46. The first-order valence-electron chi connectivity index (χ1n) is 12.5. The first-order chi connectivity index (χ1) is 13.8. The Morgan fingerprint density at radius 1 is 0.500 bits per heavy atom. The van der Waals surface area contributed by atoms with Crippen molar-refractivity contribution < 1.29 is 14.3 Å². The van der Waals surface area contributed by atoms with Crippen LogP contribution in [0, 0.1) is 0 Å². The zero-order chi connectivity index (χ0) is 20.5.